The lowest BCUT2D eigenvalue weighted by Gasteiger charge is -2.30. The molecule has 1 heterocycles. The zero-order valence-electron chi connectivity index (χ0n) is 28.6. The van der Waals surface area contributed by atoms with Crippen LogP contribution >= 0.6 is 0 Å². The first-order valence-corrected chi connectivity index (χ1v) is 18.0. The van der Waals surface area contributed by atoms with E-state index < -0.39 is 0 Å². The van der Waals surface area contributed by atoms with Gasteiger partial charge in [0.05, 0.1) is 6.04 Å². The van der Waals surface area contributed by atoms with E-state index in [4.69, 9.17) is 0 Å². The molecule has 0 N–H and O–H groups in total. The first-order chi connectivity index (χ1) is 25.2. The Kier molecular flexibility index (Phi) is 6.82. The van der Waals surface area contributed by atoms with Crippen LogP contribution in [0.3, 0.4) is 0 Å². The van der Waals surface area contributed by atoms with Crippen molar-refractivity contribution in [2.24, 2.45) is 0 Å². The molecular formula is C50H37N. The van der Waals surface area contributed by atoms with E-state index in [-0.39, 0.29) is 11.5 Å². The fraction of sp³-hybridized carbons (Fsp3) is 0.0800. The van der Waals surface area contributed by atoms with Gasteiger partial charge < -0.3 is 4.90 Å². The molecule has 1 aliphatic heterocycles. The monoisotopic (exact) mass is 651 g/mol. The molecule has 0 radical (unpaired) electrons. The van der Waals surface area contributed by atoms with E-state index in [1.54, 1.807) is 0 Å². The Hall–Kier alpha value is -6.18. The quantitative estimate of drug-likeness (QED) is 0.179. The molecule has 242 valence electrons. The Labute approximate surface area is 300 Å². The van der Waals surface area contributed by atoms with Gasteiger partial charge in [-0.3, -0.25) is 0 Å². The van der Waals surface area contributed by atoms with E-state index in [2.05, 4.69) is 206 Å². The highest BCUT2D eigenvalue weighted by Crippen LogP contribution is 2.54. The van der Waals surface area contributed by atoms with Crippen molar-refractivity contribution in [3.05, 3.63) is 216 Å². The Bertz CT molecular complexity index is 2440. The van der Waals surface area contributed by atoms with Gasteiger partial charge in [0.15, 0.2) is 0 Å². The third-order valence-corrected chi connectivity index (χ3v) is 11.5. The molecule has 0 bridgehead atoms. The number of benzene rings is 7. The van der Waals surface area contributed by atoms with Gasteiger partial charge in [0.25, 0.3) is 0 Å². The van der Waals surface area contributed by atoms with E-state index >= 15 is 0 Å². The summed E-state index contributed by atoms with van der Waals surface area (Å²) < 4.78 is 0. The number of hydrogen-bond donors (Lipinski definition) is 0. The maximum atomic E-state index is 2.51. The fourth-order valence-electron chi connectivity index (χ4n) is 9.02. The topological polar surface area (TPSA) is 3.24 Å². The normalized spacial score (nSPS) is 17.5. The summed E-state index contributed by atoms with van der Waals surface area (Å²) in [6, 6.07) is 63.0. The molecular weight excluding hydrogens is 615 g/mol. The number of hydrogen-bond acceptors (Lipinski definition) is 1. The van der Waals surface area contributed by atoms with E-state index in [9.17, 15) is 0 Å². The molecule has 3 aliphatic rings. The Morgan fingerprint density at radius 2 is 0.922 bits per heavy atom. The maximum Gasteiger partial charge on any atom is 0.0629 e. The predicted molar refractivity (Wildman–Crippen MR) is 214 cm³/mol. The van der Waals surface area contributed by atoms with Crippen LogP contribution < -0.4 is 4.90 Å². The smallest absolute Gasteiger partial charge is 0.0629 e. The first-order valence-electron chi connectivity index (χ1n) is 18.0. The largest absolute Gasteiger partial charge is 0.333 e. The van der Waals surface area contributed by atoms with Crippen molar-refractivity contribution < 1.29 is 0 Å². The molecule has 7 aromatic carbocycles. The molecule has 0 spiro atoms. The van der Waals surface area contributed by atoms with Gasteiger partial charge in [-0.05, 0) is 98.0 Å². The molecule has 0 amide bonds. The lowest BCUT2D eigenvalue weighted by molar-refractivity contribution is 0.716. The fourth-order valence-corrected chi connectivity index (χ4v) is 9.02. The minimum atomic E-state index is -0.241. The second kappa shape index (κ2) is 11.7. The highest BCUT2D eigenvalue weighted by Gasteiger charge is 2.42. The van der Waals surface area contributed by atoms with Crippen molar-refractivity contribution in [3.8, 4) is 44.5 Å². The third-order valence-electron chi connectivity index (χ3n) is 11.5. The van der Waals surface area contributed by atoms with Crippen molar-refractivity contribution in [3.63, 3.8) is 0 Å². The highest BCUT2D eigenvalue weighted by atomic mass is 15.2. The summed E-state index contributed by atoms with van der Waals surface area (Å²) in [4.78, 5) is 2.51. The van der Waals surface area contributed by atoms with Crippen LogP contribution in [0.4, 0.5) is 11.4 Å². The number of nitrogens with zero attached hydrogens (tertiary/aromatic N) is 1. The van der Waals surface area contributed by atoms with E-state index in [0.29, 0.717) is 5.92 Å². The van der Waals surface area contributed by atoms with Gasteiger partial charge in [0.2, 0.25) is 0 Å². The number of fused-ring (bicyclic) bond motifs is 6. The summed E-state index contributed by atoms with van der Waals surface area (Å²) in [5.41, 5.74) is 17.9. The van der Waals surface area contributed by atoms with Gasteiger partial charge >= 0.3 is 0 Å². The van der Waals surface area contributed by atoms with Gasteiger partial charge in [-0.2, -0.15) is 0 Å². The van der Waals surface area contributed by atoms with Crippen LogP contribution in [-0.2, 0) is 5.41 Å². The van der Waals surface area contributed by atoms with Crippen molar-refractivity contribution in [2.75, 3.05) is 4.90 Å². The van der Waals surface area contributed by atoms with Gasteiger partial charge in [-0.25, -0.2) is 0 Å². The van der Waals surface area contributed by atoms with Crippen LogP contribution in [0.15, 0.2) is 194 Å². The molecule has 1 heteroatoms. The maximum absolute atomic E-state index is 2.51. The molecule has 0 saturated heterocycles. The molecule has 0 saturated carbocycles. The van der Waals surface area contributed by atoms with E-state index in [0.717, 1.165) is 0 Å². The standard InChI is InChI=1S/C50H37N/c1-50(46-20-10-6-16-41(46)42-17-7-11-21-47(42)50)45-19-9-5-15-40(45)37-25-23-36(24-26-37)38-29-32-49-44(33-38)43-18-8-12-22-48(43)51(49)39-30-27-35(28-31-39)34-13-3-2-4-14-34/h2-33,43,48H,1H3. The van der Waals surface area contributed by atoms with Crippen molar-refractivity contribution >= 4 is 11.4 Å². The SMILES string of the molecule is CC1(c2ccccc2-c2ccc(-c3ccc4c(c3)C3C=CC=CC3N4c3ccc(-c4ccccc4)cc3)cc2)c2ccccc2-c2ccccc21. The van der Waals surface area contributed by atoms with Crippen LogP contribution in [0.1, 0.15) is 35.1 Å². The van der Waals surface area contributed by atoms with Crippen LogP contribution in [-0.4, -0.2) is 6.04 Å². The van der Waals surface area contributed by atoms with Crippen molar-refractivity contribution in [2.45, 2.75) is 24.3 Å². The summed E-state index contributed by atoms with van der Waals surface area (Å²) in [5.74, 6) is 0.308. The summed E-state index contributed by atoms with van der Waals surface area (Å²) in [6.45, 7) is 2.40. The van der Waals surface area contributed by atoms with E-state index in [1.807, 2.05) is 0 Å². The lowest BCUT2D eigenvalue weighted by Crippen LogP contribution is -2.28. The molecule has 2 atom stereocenters. The van der Waals surface area contributed by atoms with Gasteiger partial charge in [0, 0.05) is 22.7 Å². The molecule has 1 nitrogen and oxygen atoms in total. The Balaban J connectivity index is 0.998. The molecule has 51 heavy (non-hydrogen) atoms. The molecule has 10 rings (SSSR count). The molecule has 0 fully saturated rings. The number of allylic oxidation sites excluding steroid dienone is 2. The zero-order valence-corrected chi connectivity index (χ0v) is 28.6. The number of rotatable bonds is 5. The minimum Gasteiger partial charge on any atom is -0.333 e. The summed E-state index contributed by atoms with van der Waals surface area (Å²) in [5, 5.41) is 0. The van der Waals surface area contributed by atoms with Gasteiger partial charge in [0.1, 0.15) is 0 Å². The predicted octanol–water partition coefficient (Wildman–Crippen LogP) is 12.8. The van der Waals surface area contributed by atoms with Crippen LogP contribution in [0.5, 0.6) is 0 Å². The number of anilines is 2. The summed E-state index contributed by atoms with van der Waals surface area (Å²) in [6.07, 6.45) is 9.11. The average molecular weight is 652 g/mol. The van der Waals surface area contributed by atoms with Gasteiger partial charge in [-0.1, -0.05) is 170 Å². The van der Waals surface area contributed by atoms with Crippen LogP contribution in [0, 0.1) is 0 Å². The van der Waals surface area contributed by atoms with Gasteiger partial charge in [-0.15, -0.1) is 0 Å². The highest BCUT2D eigenvalue weighted by molar-refractivity contribution is 5.86. The van der Waals surface area contributed by atoms with E-state index in [1.165, 1.54) is 78.1 Å². The summed E-state index contributed by atoms with van der Waals surface area (Å²) >= 11 is 0. The third kappa shape index (κ3) is 4.62. The average Bonchev–Trinajstić information content (AvgIpc) is 3.68. The second-order valence-electron chi connectivity index (χ2n) is 14.2. The molecule has 2 aliphatic carbocycles. The second-order valence-corrected chi connectivity index (χ2v) is 14.2. The lowest BCUT2D eigenvalue weighted by atomic mass is 9.71. The summed E-state index contributed by atoms with van der Waals surface area (Å²) in [7, 11) is 0. The molecule has 0 aromatic heterocycles. The Morgan fingerprint density at radius 3 is 1.61 bits per heavy atom. The molecule has 2 unspecified atom stereocenters. The minimum absolute atomic E-state index is 0.241. The van der Waals surface area contributed by atoms with Crippen molar-refractivity contribution in [1.29, 1.82) is 0 Å². The van der Waals surface area contributed by atoms with Crippen LogP contribution in [0.25, 0.3) is 44.5 Å². The molecule has 7 aromatic rings. The first kappa shape index (κ1) is 29.7. The zero-order chi connectivity index (χ0) is 33.9. The van der Waals surface area contributed by atoms with Crippen molar-refractivity contribution in [1.82, 2.24) is 0 Å². The van der Waals surface area contributed by atoms with Crippen LogP contribution in [0.2, 0.25) is 0 Å². The Morgan fingerprint density at radius 1 is 0.431 bits per heavy atom.